The quantitative estimate of drug-likeness (QED) is 0.783. The van der Waals surface area contributed by atoms with E-state index in [1.165, 1.54) is 0 Å². The van der Waals surface area contributed by atoms with Crippen LogP contribution in [0.5, 0.6) is 0 Å². The second-order valence-electron chi connectivity index (χ2n) is 4.02. The van der Waals surface area contributed by atoms with E-state index in [9.17, 15) is 13.2 Å². The van der Waals surface area contributed by atoms with Crippen LogP contribution in [-0.4, -0.2) is 37.1 Å². The van der Waals surface area contributed by atoms with Gasteiger partial charge in [0.25, 0.3) is 0 Å². The standard InChI is InChI=1S/C12H15Cl2NO3S/c13-6-7-19(17,18)9-10(14)8-12(16)15-11-4-2-1-3-5-11/h1-5,10H,6-9H2,(H,15,16). The van der Waals surface area contributed by atoms with E-state index >= 15 is 0 Å². The molecule has 0 aliphatic rings. The first kappa shape index (κ1) is 16.3. The van der Waals surface area contributed by atoms with Gasteiger partial charge in [-0.15, -0.1) is 23.2 Å². The molecule has 0 saturated carbocycles. The predicted octanol–water partition coefficient (Wildman–Crippen LogP) is 2.28. The number of carbonyl (C=O) groups excluding carboxylic acids is 1. The maximum absolute atomic E-state index is 11.7. The zero-order chi connectivity index (χ0) is 14.3. The summed E-state index contributed by atoms with van der Waals surface area (Å²) in [5, 5.41) is 1.89. The lowest BCUT2D eigenvalue weighted by atomic mass is 10.3. The van der Waals surface area contributed by atoms with E-state index in [-0.39, 0.29) is 29.7 Å². The van der Waals surface area contributed by atoms with Crippen molar-refractivity contribution in [2.75, 3.05) is 22.7 Å². The number of amides is 1. The van der Waals surface area contributed by atoms with Crippen molar-refractivity contribution in [1.82, 2.24) is 0 Å². The zero-order valence-electron chi connectivity index (χ0n) is 10.2. The third-order valence-electron chi connectivity index (χ3n) is 2.29. The number of para-hydroxylation sites is 1. The predicted molar refractivity (Wildman–Crippen MR) is 78.7 cm³/mol. The summed E-state index contributed by atoms with van der Waals surface area (Å²) >= 11 is 11.3. The molecule has 4 nitrogen and oxygen atoms in total. The summed E-state index contributed by atoms with van der Waals surface area (Å²) in [5.41, 5.74) is 0.653. The van der Waals surface area contributed by atoms with Crippen molar-refractivity contribution in [1.29, 1.82) is 0 Å². The average molecular weight is 324 g/mol. The van der Waals surface area contributed by atoms with E-state index in [1.54, 1.807) is 24.3 Å². The van der Waals surface area contributed by atoms with Gasteiger partial charge >= 0.3 is 0 Å². The van der Waals surface area contributed by atoms with Gasteiger partial charge in [-0.25, -0.2) is 8.42 Å². The molecular formula is C12H15Cl2NO3S. The number of rotatable bonds is 7. The summed E-state index contributed by atoms with van der Waals surface area (Å²) in [5.74, 6) is -0.656. The van der Waals surface area contributed by atoms with Crippen molar-refractivity contribution in [3.05, 3.63) is 30.3 Å². The number of anilines is 1. The van der Waals surface area contributed by atoms with E-state index < -0.39 is 15.2 Å². The minimum Gasteiger partial charge on any atom is -0.326 e. The lowest BCUT2D eigenvalue weighted by Gasteiger charge is -2.10. The highest BCUT2D eigenvalue weighted by atomic mass is 35.5. The minimum atomic E-state index is -3.29. The zero-order valence-corrected chi connectivity index (χ0v) is 12.5. The average Bonchev–Trinajstić information content (AvgIpc) is 2.28. The lowest BCUT2D eigenvalue weighted by Crippen LogP contribution is -2.24. The molecule has 1 N–H and O–H groups in total. The number of sulfone groups is 1. The van der Waals surface area contributed by atoms with E-state index in [0.29, 0.717) is 5.69 Å². The molecule has 1 aromatic carbocycles. The van der Waals surface area contributed by atoms with Gasteiger partial charge in [0.2, 0.25) is 5.91 Å². The Kier molecular flexibility index (Phi) is 6.62. The van der Waals surface area contributed by atoms with Gasteiger partial charge in [-0.05, 0) is 12.1 Å². The SMILES string of the molecule is O=C(CC(Cl)CS(=O)(=O)CCCl)Nc1ccccc1. The summed E-state index contributed by atoms with van der Waals surface area (Å²) in [6, 6.07) is 8.90. The number of halogens is 2. The van der Waals surface area contributed by atoms with Gasteiger partial charge in [-0.1, -0.05) is 18.2 Å². The van der Waals surface area contributed by atoms with Gasteiger partial charge < -0.3 is 5.32 Å². The van der Waals surface area contributed by atoms with E-state index in [4.69, 9.17) is 23.2 Å². The highest BCUT2D eigenvalue weighted by Gasteiger charge is 2.19. The topological polar surface area (TPSA) is 63.2 Å². The molecule has 19 heavy (non-hydrogen) atoms. The highest BCUT2D eigenvalue weighted by Crippen LogP contribution is 2.11. The normalized spacial score (nSPS) is 12.9. The Hall–Kier alpha value is -0.780. The molecule has 0 radical (unpaired) electrons. The maximum Gasteiger partial charge on any atom is 0.225 e. The summed E-state index contributed by atoms with van der Waals surface area (Å²) in [4.78, 5) is 11.7. The molecule has 0 bridgehead atoms. The Morgan fingerprint density at radius 1 is 1.26 bits per heavy atom. The summed E-state index contributed by atoms with van der Waals surface area (Å²) in [6.07, 6.45) is -0.0576. The van der Waals surface area contributed by atoms with Crippen LogP contribution in [0.15, 0.2) is 30.3 Å². The molecule has 0 aliphatic heterocycles. The van der Waals surface area contributed by atoms with Crippen molar-refractivity contribution in [2.24, 2.45) is 0 Å². The second-order valence-corrected chi connectivity index (χ2v) is 7.24. The molecule has 0 fully saturated rings. The number of alkyl halides is 2. The molecule has 1 aromatic rings. The van der Waals surface area contributed by atoms with Crippen molar-refractivity contribution in [3.8, 4) is 0 Å². The highest BCUT2D eigenvalue weighted by molar-refractivity contribution is 7.91. The molecule has 0 aromatic heterocycles. The Morgan fingerprint density at radius 3 is 2.47 bits per heavy atom. The van der Waals surface area contributed by atoms with Crippen LogP contribution in [0.4, 0.5) is 5.69 Å². The molecule has 0 spiro atoms. The number of hydrogen-bond acceptors (Lipinski definition) is 3. The molecule has 7 heteroatoms. The van der Waals surface area contributed by atoms with Crippen LogP contribution >= 0.6 is 23.2 Å². The van der Waals surface area contributed by atoms with E-state index in [1.807, 2.05) is 6.07 Å². The molecular weight excluding hydrogens is 309 g/mol. The maximum atomic E-state index is 11.7. The smallest absolute Gasteiger partial charge is 0.225 e. The molecule has 1 atom stereocenters. The van der Waals surface area contributed by atoms with Gasteiger partial charge in [0.05, 0.1) is 16.9 Å². The van der Waals surface area contributed by atoms with Crippen LogP contribution in [0.1, 0.15) is 6.42 Å². The van der Waals surface area contributed by atoms with Crippen LogP contribution in [0.3, 0.4) is 0 Å². The number of benzene rings is 1. The Labute approximate surface area is 123 Å². The molecule has 0 aliphatic carbocycles. The fourth-order valence-electron chi connectivity index (χ4n) is 1.47. The first-order valence-corrected chi connectivity index (χ1v) is 8.47. The van der Waals surface area contributed by atoms with Crippen LogP contribution in [-0.2, 0) is 14.6 Å². The van der Waals surface area contributed by atoms with Crippen LogP contribution in [0, 0.1) is 0 Å². The van der Waals surface area contributed by atoms with Crippen LogP contribution in [0.2, 0.25) is 0 Å². The first-order valence-electron chi connectivity index (χ1n) is 5.68. The van der Waals surface area contributed by atoms with E-state index in [0.717, 1.165) is 0 Å². The number of carbonyl (C=O) groups is 1. The van der Waals surface area contributed by atoms with Crippen molar-refractivity contribution in [2.45, 2.75) is 11.8 Å². The largest absolute Gasteiger partial charge is 0.326 e. The minimum absolute atomic E-state index is 0.0299. The summed E-state index contributed by atoms with van der Waals surface area (Å²) < 4.78 is 23.0. The lowest BCUT2D eigenvalue weighted by molar-refractivity contribution is -0.116. The first-order chi connectivity index (χ1) is 8.93. The molecule has 106 valence electrons. The van der Waals surface area contributed by atoms with Crippen LogP contribution < -0.4 is 5.32 Å². The third kappa shape index (κ3) is 6.80. The van der Waals surface area contributed by atoms with Crippen LogP contribution in [0.25, 0.3) is 0 Å². The van der Waals surface area contributed by atoms with Gasteiger partial charge in [-0.3, -0.25) is 4.79 Å². The fourth-order valence-corrected chi connectivity index (χ4v) is 3.96. The number of nitrogens with one attached hydrogen (secondary N) is 1. The summed E-state index contributed by atoms with van der Waals surface area (Å²) in [6.45, 7) is 0. The van der Waals surface area contributed by atoms with Gasteiger partial charge in [-0.2, -0.15) is 0 Å². The molecule has 1 rings (SSSR count). The monoisotopic (exact) mass is 323 g/mol. The summed E-state index contributed by atoms with van der Waals surface area (Å²) in [7, 11) is -3.29. The Bertz CT molecular complexity index is 505. The number of hydrogen-bond donors (Lipinski definition) is 1. The third-order valence-corrected chi connectivity index (χ3v) is 4.93. The van der Waals surface area contributed by atoms with Crippen molar-refractivity contribution in [3.63, 3.8) is 0 Å². The molecule has 1 unspecified atom stereocenters. The Morgan fingerprint density at radius 2 is 1.89 bits per heavy atom. The second kappa shape index (κ2) is 7.72. The van der Waals surface area contributed by atoms with Crippen molar-refractivity contribution >= 4 is 44.6 Å². The van der Waals surface area contributed by atoms with E-state index in [2.05, 4.69) is 5.32 Å². The van der Waals surface area contributed by atoms with Gasteiger partial charge in [0.1, 0.15) is 0 Å². The van der Waals surface area contributed by atoms with Gasteiger partial charge in [0, 0.05) is 18.0 Å². The molecule has 0 saturated heterocycles. The fraction of sp³-hybridized carbons (Fsp3) is 0.417. The van der Waals surface area contributed by atoms with Gasteiger partial charge in [0.15, 0.2) is 9.84 Å². The van der Waals surface area contributed by atoms with Crippen molar-refractivity contribution < 1.29 is 13.2 Å². The molecule has 1 amide bonds. The molecule has 0 heterocycles. The Balaban J connectivity index is 2.44.